The Bertz CT molecular complexity index is 161. The molecule has 2 nitrogen and oxygen atoms in total. The second-order valence-corrected chi connectivity index (χ2v) is 3.01. The topological polar surface area (TPSA) is 37.3 Å². The molecule has 0 aliphatic heterocycles. The van der Waals surface area contributed by atoms with Crippen LogP contribution in [0.2, 0.25) is 0 Å². The molecule has 0 aromatic heterocycles. The number of aliphatic carboxylic acids is 1. The van der Waals surface area contributed by atoms with Crippen LogP contribution in [0.25, 0.3) is 0 Å². The molecule has 0 aromatic carbocycles. The van der Waals surface area contributed by atoms with Gasteiger partial charge in [0.2, 0.25) is 0 Å². The third-order valence-electron chi connectivity index (χ3n) is 2.12. The lowest BCUT2D eigenvalue weighted by atomic mass is 9.94. The highest BCUT2D eigenvalue weighted by molar-refractivity contribution is 5.69. The lowest BCUT2D eigenvalue weighted by Crippen LogP contribution is -2.13. The summed E-state index contributed by atoms with van der Waals surface area (Å²) in [5.41, 5.74) is 0. The fraction of sp³-hybridized carbons (Fsp3) is 0.667. The maximum absolute atomic E-state index is 10.6. The van der Waals surface area contributed by atoms with Crippen molar-refractivity contribution in [3.63, 3.8) is 0 Å². The SMILES string of the molecule is O=C(O)C1CCC=CCCC1. The van der Waals surface area contributed by atoms with E-state index < -0.39 is 5.97 Å². The summed E-state index contributed by atoms with van der Waals surface area (Å²) in [6.07, 6.45) is 8.90. The van der Waals surface area contributed by atoms with Crippen molar-refractivity contribution in [2.24, 2.45) is 5.92 Å². The maximum Gasteiger partial charge on any atom is 0.306 e. The van der Waals surface area contributed by atoms with Gasteiger partial charge >= 0.3 is 5.97 Å². The number of hydrogen-bond donors (Lipinski definition) is 1. The van der Waals surface area contributed by atoms with Crippen LogP contribution in [0.3, 0.4) is 0 Å². The minimum absolute atomic E-state index is 0.0973. The molecule has 1 rings (SSSR count). The van der Waals surface area contributed by atoms with E-state index in [9.17, 15) is 4.79 Å². The minimum Gasteiger partial charge on any atom is -0.481 e. The van der Waals surface area contributed by atoms with Crippen molar-refractivity contribution >= 4 is 5.97 Å². The van der Waals surface area contributed by atoms with Crippen LogP contribution >= 0.6 is 0 Å². The molecule has 1 aliphatic carbocycles. The standard InChI is InChI=1S/C9H14O2/c10-9(11)8-6-4-2-1-3-5-7-8/h1-2,8H,3-7H2,(H,10,11). The van der Waals surface area contributed by atoms with Crippen LogP contribution in [0.5, 0.6) is 0 Å². The van der Waals surface area contributed by atoms with Crippen LogP contribution in [0.4, 0.5) is 0 Å². The summed E-state index contributed by atoms with van der Waals surface area (Å²) in [7, 11) is 0. The molecule has 1 atom stereocenters. The monoisotopic (exact) mass is 154 g/mol. The van der Waals surface area contributed by atoms with Gasteiger partial charge in [-0.25, -0.2) is 0 Å². The number of rotatable bonds is 1. The summed E-state index contributed by atoms with van der Waals surface area (Å²) >= 11 is 0. The van der Waals surface area contributed by atoms with Crippen LogP contribution in [0.1, 0.15) is 32.1 Å². The van der Waals surface area contributed by atoms with Crippen LogP contribution in [0.15, 0.2) is 12.2 Å². The third-order valence-corrected chi connectivity index (χ3v) is 2.12. The molecule has 0 amide bonds. The molecule has 1 unspecified atom stereocenters. The summed E-state index contributed by atoms with van der Waals surface area (Å²) in [6.45, 7) is 0. The molecule has 1 aliphatic rings. The van der Waals surface area contributed by atoms with Gasteiger partial charge in [-0.15, -0.1) is 0 Å². The smallest absolute Gasteiger partial charge is 0.306 e. The van der Waals surface area contributed by atoms with Gasteiger partial charge in [-0.3, -0.25) is 4.79 Å². The Morgan fingerprint density at radius 1 is 1.27 bits per heavy atom. The summed E-state index contributed by atoms with van der Waals surface area (Å²) < 4.78 is 0. The average molecular weight is 154 g/mol. The number of carboxylic acid groups (broad SMARTS) is 1. The molecule has 0 fully saturated rings. The van der Waals surface area contributed by atoms with Crippen molar-refractivity contribution in [3.05, 3.63) is 12.2 Å². The highest BCUT2D eigenvalue weighted by Gasteiger charge is 2.16. The molecule has 0 radical (unpaired) electrons. The summed E-state index contributed by atoms with van der Waals surface area (Å²) in [5.74, 6) is -0.722. The van der Waals surface area contributed by atoms with Crippen LogP contribution in [-0.2, 0) is 4.79 Å². The first-order valence-corrected chi connectivity index (χ1v) is 4.18. The van der Waals surface area contributed by atoms with E-state index in [-0.39, 0.29) is 5.92 Å². The molecular weight excluding hydrogens is 140 g/mol. The largest absolute Gasteiger partial charge is 0.481 e. The number of allylic oxidation sites excluding steroid dienone is 2. The first-order valence-electron chi connectivity index (χ1n) is 4.18. The van der Waals surface area contributed by atoms with Crippen molar-refractivity contribution in [2.75, 3.05) is 0 Å². The molecular formula is C9H14O2. The Morgan fingerprint density at radius 2 is 2.00 bits per heavy atom. The van der Waals surface area contributed by atoms with Gasteiger partial charge < -0.3 is 5.11 Å². The molecule has 0 bridgehead atoms. The predicted octanol–water partition coefficient (Wildman–Crippen LogP) is 2.21. The number of carboxylic acids is 1. The van der Waals surface area contributed by atoms with E-state index in [2.05, 4.69) is 12.2 Å². The van der Waals surface area contributed by atoms with Gasteiger partial charge in [0, 0.05) is 0 Å². The van der Waals surface area contributed by atoms with E-state index in [1.807, 2.05) is 0 Å². The Labute approximate surface area is 66.9 Å². The van der Waals surface area contributed by atoms with Crippen LogP contribution in [0, 0.1) is 5.92 Å². The molecule has 1 N–H and O–H groups in total. The van der Waals surface area contributed by atoms with Crippen molar-refractivity contribution in [2.45, 2.75) is 32.1 Å². The number of carbonyl (C=O) groups is 1. The normalized spacial score (nSPS) is 25.6. The zero-order chi connectivity index (χ0) is 8.10. The quantitative estimate of drug-likeness (QED) is 0.588. The number of hydrogen-bond acceptors (Lipinski definition) is 1. The first-order chi connectivity index (χ1) is 5.30. The van der Waals surface area contributed by atoms with Gasteiger partial charge in [0.25, 0.3) is 0 Å². The van der Waals surface area contributed by atoms with Gasteiger partial charge in [0.1, 0.15) is 0 Å². The fourth-order valence-corrected chi connectivity index (χ4v) is 1.41. The lowest BCUT2D eigenvalue weighted by molar-refractivity contribution is -0.142. The molecule has 11 heavy (non-hydrogen) atoms. The molecule has 62 valence electrons. The second kappa shape index (κ2) is 4.16. The van der Waals surface area contributed by atoms with E-state index in [0.717, 1.165) is 32.1 Å². The zero-order valence-electron chi connectivity index (χ0n) is 6.62. The Morgan fingerprint density at radius 3 is 2.73 bits per heavy atom. The first kappa shape index (κ1) is 8.31. The van der Waals surface area contributed by atoms with E-state index in [0.29, 0.717) is 0 Å². The molecule has 0 spiro atoms. The Kier molecular flexibility index (Phi) is 3.14. The van der Waals surface area contributed by atoms with Gasteiger partial charge in [0.15, 0.2) is 0 Å². The fourth-order valence-electron chi connectivity index (χ4n) is 1.41. The highest BCUT2D eigenvalue weighted by atomic mass is 16.4. The van der Waals surface area contributed by atoms with E-state index in [1.54, 1.807) is 0 Å². The highest BCUT2D eigenvalue weighted by Crippen LogP contribution is 2.18. The molecule has 2 heteroatoms. The van der Waals surface area contributed by atoms with Gasteiger partial charge in [-0.2, -0.15) is 0 Å². The van der Waals surface area contributed by atoms with Crippen molar-refractivity contribution < 1.29 is 9.90 Å². The molecule has 0 saturated carbocycles. The molecule has 0 saturated heterocycles. The Hall–Kier alpha value is -0.790. The predicted molar refractivity (Wildman–Crippen MR) is 43.4 cm³/mol. The minimum atomic E-state index is -0.625. The van der Waals surface area contributed by atoms with Gasteiger partial charge in [-0.05, 0) is 32.1 Å². The van der Waals surface area contributed by atoms with Crippen LogP contribution in [-0.4, -0.2) is 11.1 Å². The van der Waals surface area contributed by atoms with E-state index in [4.69, 9.17) is 5.11 Å². The molecule has 0 heterocycles. The van der Waals surface area contributed by atoms with E-state index >= 15 is 0 Å². The van der Waals surface area contributed by atoms with Crippen molar-refractivity contribution in [3.8, 4) is 0 Å². The van der Waals surface area contributed by atoms with Gasteiger partial charge in [-0.1, -0.05) is 12.2 Å². The summed E-state index contributed by atoms with van der Waals surface area (Å²) in [5, 5.41) is 8.73. The summed E-state index contributed by atoms with van der Waals surface area (Å²) in [4.78, 5) is 10.6. The van der Waals surface area contributed by atoms with Crippen molar-refractivity contribution in [1.82, 2.24) is 0 Å². The Balaban J connectivity index is 2.42. The third kappa shape index (κ3) is 2.74. The average Bonchev–Trinajstić information content (AvgIpc) is 1.84. The zero-order valence-corrected chi connectivity index (χ0v) is 6.62. The maximum atomic E-state index is 10.6. The van der Waals surface area contributed by atoms with Gasteiger partial charge in [0.05, 0.1) is 5.92 Å². The van der Waals surface area contributed by atoms with E-state index in [1.165, 1.54) is 0 Å². The molecule has 0 aromatic rings. The summed E-state index contributed by atoms with van der Waals surface area (Å²) in [6, 6.07) is 0. The van der Waals surface area contributed by atoms with Crippen LogP contribution < -0.4 is 0 Å². The lowest BCUT2D eigenvalue weighted by Gasteiger charge is -2.11. The second-order valence-electron chi connectivity index (χ2n) is 3.01. The van der Waals surface area contributed by atoms with Crippen molar-refractivity contribution in [1.29, 1.82) is 0 Å².